The van der Waals surface area contributed by atoms with E-state index < -0.39 is 18.5 Å². The van der Waals surface area contributed by atoms with Gasteiger partial charge < -0.3 is 0 Å². The zero-order valence-corrected chi connectivity index (χ0v) is 19.8. The molecule has 0 aliphatic carbocycles. The molecule has 0 unspecified atom stereocenters. The molecule has 0 radical (unpaired) electrons. The van der Waals surface area contributed by atoms with Gasteiger partial charge in [0, 0.05) is 0 Å². The van der Waals surface area contributed by atoms with Gasteiger partial charge in [-0.05, 0) is 0 Å². The fourth-order valence-electron chi connectivity index (χ4n) is 4.70. The summed E-state index contributed by atoms with van der Waals surface area (Å²) in [5.74, 6) is -2.08. The Kier molecular flexibility index (Phi) is 10.3. The molecule has 4 nitrogen and oxygen atoms in total. The van der Waals surface area contributed by atoms with Gasteiger partial charge >= 0.3 is 177 Å². The average molecular weight is 425 g/mol. The standard InChI is InChI=1S/C24H41O4P/c1-5-9-13-29(14-10-6-2,15-11-7-3,16-12-8-4)22-18-20(23(25)26)17-21(19-22)24(27)28/h17-19H,5-16H2,1-4H3,(H,25,26)(H,27,28). The Balaban J connectivity index is 3.86. The topological polar surface area (TPSA) is 74.6 Å². The van der Waals surface area contributed by atoms with Crippen molar-refractivity contribution in [2.75, 3.05) is 24.6 Å². The van der Waals surface area contributed by atoms with E-state index in [-0.39, 0.29) is 11.1 Å². The van der Waals surface area contributed by atoms with Gasteiger partial charge in [-0.15, -0.1) is 0 Å². The first-order valence-corrected chi connectivity index (χ1v) is 14.4. The Bertz CT molecular complexity index is 608. The van der Waals surface area contributed by atoms with Crippen LogP contribution in [0.4, 0.5) is 0 Å². The molecule has 166 valence electrons. The van der Waals surface area contributed by atoms with E-state index in [0.29, 0.717) is 0 Å². The Labute approximate surface area is 177 Å². The van der Waals surface area contributed by atoms with Crippen molar-refractivity contribution >= 4 is 23.8 Å². The van der Waals surface area contributed by atoms with Crippen LogP contribution < -0.4 is 5.30 Å². The van der Waals surface area contributed by atoms with Gasteiger partial charge in [0.15, 0.2) is 0 Å². The summed E-state index contributed by atoms with van der Waals surface area (Å²) in [5.41, 5.74) is 0.241. The summed E-state index contributed by atoms with van der Waals surface area (Å²) in [6, 6.07) is 4.99. The molecule has 2 N–H and O–H groups in total. The van der Waals surface area contributed by atoms with Crippen molar-refractivity contribution in [3.63, 3.8) is 0 Å². The SMILES string of the molecule is CCCCP(CCCC)(CCCC)(CCCC)c1cc(C(=O)O)cc(C(=O)O)c1. The quantitative estimate of drug-likeness (QED) is 0.317. The number of carbonyl (C=O) groups is 2. The van der Waals surface area contributed by atoms with Crippen LogP contribution in [-0.2, 0) is 0 Å². The van der Waals surface area contributed by atoms with Crippen LogP contribution >= 0.6 is 6.60 Å². The predicted octanol–water partition coefficient (Wildman–Crippen LogP) is 6.46. The minimum atomic E-state index is -2.49. The van der Waals surface area contributed by atoms with Gasteiger partial charge in [0.1, 0.15) is 0 Å². The molecule has 1 rings (SSSR count). The van der Waals surface area contributed by atoms with E-state index in [9.17, 15) is 19.8 Å². The Morgan fingerprint density at radius 2 is 0.966 bits per heavy atom. The molecule has 0 amide bonds. The molecule has 0 heterocycles. The number of unbranched alkanes of at least 4 members (excludes halogenated alkanes) is 4. The molecular formula is C24H41O4P. The summed E-state index contributed by atoms with van der Waals surface area (Å²) in [6.07, 6.45) is 13.4. The number of hydrogen-bond acceptors (Lipinski definition) is 2. The van der Waals surface area contributed by atoms with Crippen LogP contribution in [-0.4, -0.2) is 46.8 Å². The molecule has 0 atom stereocenters. The number of rotatable bonds is 15. The van der Waals surface area contributed by atoms with Crippen LogP contribution in [0.1, 0.15) is 99.8 Å². The summed E-state index contributed by atoms with van der Waals surface area (Å²) in [7, 11) is 0. The predicted molar refractivity (Wildman–Crippen MR) is 126 cm³/mol. The summed E-state index contributed by atoms with van der Waals surface area (Å²) in [6.45, 7) is 6.35. The second-order valence-electron chi connectivity index (χ2n) is 8.66. The van der Waals surface area contributed by atoms with E-state index in [1.54, 1.807) is 0 Å². The first-order valence-electron chi connectivity index (χ1n) is 11.4. The number of carboxylic acids is 2. The molecule has 1 aromatic carbocycles. The maximum atomic E-state index is 11.8. The zero-order valence-electron chi connectivity index (χ0n) is 18.9. The van der Waals surface area contributed by atoms with Crippen LogP contribution in [0.5, 0.6) is 0 Å². The summed E-state index contributed by atoms with van der Waals surface area (Å²) < 4.78 is 0. The molecule has 0 aliphatic heterocycles. The second kappa shape index (κ2) is 11.7. The van der Waals surface area contributed by atoms with Crippen LogP contribution in [0.15, 0.2) is 18.2 Å². The van der Waals surface area contributed by atoms with Crippen LogP contribution in [0, 0.1) is 0 Å². The van der Waals surface area contributed by atoms with E-state index in [2.05, 4.69) is 27.7 Å². The maximum absolute atomic E-state index is 11.8. The van der Waals surface area contributed by atoms with Crippen molar-refractivity contribution in [1.82, 2.24) is 0 Å². The Morgan fingerprint density at radius 1 is 0.655 bits per heavy atom. The first kappa shape index (κ1) is 25.6. The monoisotopic (exact) mass is 424 g/mol. The number of hydrogen-bond donors (Lipinski definition) is 2. The number of aromatic carboxylic acids is 2. The van der Waals surface area contributed by atoms with E-state index in [1.165, 1.54) is 6.07 Å². The van der Waals surface area contributed by atoms with Gasteiger partial charge in [-0.1, -0.05) is 0 Å². The first-order chi connectivity index (χ1) is 13.8. The molecule has 0 saturated heterocycles. The molecule has 1 aromatic rings. The van der Waals surface area contributed by atoms with Crippen molar-refractivity contribution in [1.29, 1.82) is 0 Å². The van der Waals surface area contributed by atoms with Crippen molar-refractivity contribution in [2.45, 2.75) is 79.1 Å². The van der Waals surface area contributed by atoms with Crippen LogP contribution in [0.25, 0.3) is 0 Å². The van der Waals surface area contributed by atoms with Gasteiger partial charge in [0.25, 0.3) is 0 Å². The third kappa shape index (κ3) is 6.28. The third-order valence-electron chi connectivity index (χ3n) is 6.53. The van der Waals surface area contributed by atoms with E-state index in [4.69, 9.17) is 0 Å². The normalized spacial score (nSPS) is 13.0. The molecule has 0 aromatic heterocycles. The van der Waals surface area contributed by atoms with Gasteiger partial charge in [0.05, 0.1) is 0 Å². The van der Waals surface area contributed by atoms with Crippen molar-refractivity contribution in [3.8, 4) is 0 Å². The molecule has 0 aliphatic rings. The fraction of sp³-hybridized carbons (Fsp3) is 0.667. The van der Waals surface area contributed by atoms with E-state index >= 15 is 0 Å². The summed E-state index contributed by atoms with van der Waals surface area (Å²) >= 11 is 0. The second-order valence-corrected chi connectivity index (χ2v) is 14.9. The molecule has 5 heteroatoms. The third-order valence-corrected chi connectivity index (χ3v) is 14.2. The molecule has 0 bridgehead atoms. The summed E-state index contributed by atoms with van der Waals surface area (Å²) in [4.78, 5) is 23.7. The molecular weight excluding hydrogens is 383 g/mol. The van der Waals surface area contributed by atoms with Gasteiger partial charge in [-0.2, -0.15) is 0 Å². The van der Waals surface area contributed by atoms with E-state index in [1.807, 2.05) is 12.1 Å². The Hall–Kier alpha value is -1.41. The zero-order chi connectivity index (χ0) is 21.9. The molecule has 0 saturated carbocycles. The van der Waals surface area contributed by atoms with Gasteiger partial charge in [0.2, 0.25) is 0 Å². The van der Waals surface area contributed by atoms with E-state index in [0.717, 1.165) is 81.3 Å². The number of carboxylic acid groups (broad SMARTS) is 2. The molecule has 0 fully saturated rings. The fourth-order valence-corrected chi connectivity index (χ4v) is 12.7. The molecule has 0 spiro atoms. The van der Waals surface area contributed by atoms with Crippen molar-refractivity contribution < 1.29 is 19.8 Å². The Morgan fingerprint density at radius 3 is 1.21 bits per heavy atom. The minimum absolute atomic E-state index is 0.120. The van der Waals surface area contributed by atoms with Crippen molar-refractivity contribution in [2.24, 2.45) is 0 Å². The van der Waals surface area contributed by atoms with Crippen LogP contribution in [0.2, 0.25) is 0 Å². The van der Waals surface area contributed by atoms with Crippen LogP contribution in [0.3, 0.4) is 0 Å². The molecule has 29 heavy (non-hydrogen) atoms. The number of benzene rings is 1. The van der Waals surface area contributed by atoms with Crippen molar-refractivity contribution in [3.05, 3.63) is 29.3 Å². The van der Waals surface area contributed by atoms with Gasteiger partial charge in [-0.25, -0.2) is 0 Å². The average Bonchev–Trinajstić information content (AvgIpc) is 2.72. The summed E-state index contributed by atoms with van der Waals surface area (Å²) in [5, 5.41) is 20.4. The van der Waals surface area contributed by atoms with Gasteiger partial charge in [-0.3, -0.25) is 0 Å².